The zero-order chi connectivity index (χ0) is 8.15. The van der Waals surface area contributed by atoms with Crippen LogP contribution in [0.25, 0.3) is 0 Å². The summed E-state index contributed by atoms with van der Waals surface area (Å²) in [5.41, 5.74) is 0. The molecule has 0 saturated heterocycles. The second kappa shape index (κ2) is 3.93. The lowest BCUT2D eigenvalue weighted by Gasteiger charge is -2.06. The molecule has 0 aromatic carbocycles. The predicted molar refractivity (Wildman–Crippen MR) is 39.5 cm³/mol. The van der Waals surface area contributed by atoms with Gasteiger partial charge in [0.2, 0.25) is 5.91 Å². The van der Waals surface area contributed by atoms with Crippen molar-refractivity contribution in [3.63, 3.8) is 0 Å². The number of rotatable bonds is 2. The van der Waals surface area contributed by atoms with Gasteiger partial charge in [0.05, 0.1) is 12.9 Å². The third kappa shape index (κ3) is 3.12. The summed E-state index contributed by atoms with van der Waals surface area (Å²) in [4.78, 5) is 12.4. The van der Waals surface area contributed by atoms with Gasteiger partial charge in [-0.15, -0.1) is 0 Å². The van der Waals surface area contributed by atoms with Crippen LogP contribution in [0.15, 0.2) is 11.8 Å². The largest absolute Gasteiger partial charge is 0.501 e. The Morgan fingerprint density at radius 1 is 1.50 bits per heavy atom. The number of hydrogen-bond donors (Lipinski definition) is 0. The van der Waals surface area contributed by atoms with Crippen molar-refractivity contribution in [3.8, 4) is 0 Å². The maximum absolute atomic E-state index is 10.9. The first-order chi connectivity index (χ1) is 4.57. The van der Waals surface area contributed by atoms with Gasteiger partial charge in [-0.25, -0.2) is 0 Å². The molecule has 10 heavy (non-hydrogen) atoms. The van der Waals surface area contributed by atoms with Crippen molar-refractivity contribution in [1.29, 1.82) is 0 Å². The predicted octanol–water partition coefficient (Wildman–Crippen LogP) is 0.625. The van der Waals surface area contributed by atoms with Crippen LogP contribution in [-0.2, 0) is 9.53 Å². The summed E-state index contributed by atoms with van der Waals surface area (Å²) >= 11 is 0. The molecular weight excluding hydrogens is 130 g/mol. The van der Waals surface area contributed by atoms with E-state index in [1.807, 2.05) is 0 Å². The van der Waals surface area contributed by atoms with Crippen LogP contribution in [0.3, 0.4) is 0 Å². The first-order valence-electron chi connectivity index (χ1n) is 3.01. The summed E-state index contributed by atoms with van der Waals surface area (Å²) in [6.07, 6.45) is 1.44. The lowest BCUT2D eigenvalue weighted by atomic mass is 10.4. The molecule has 0 atom stereocenters. The van der Waals surface area contributed by atoms with Crippen molar-refractivity contribution in [2.45, 2.75) is 6.92 Å². The molecule has 0 aliphatic heterocycles. The highest BCUT2D eigenvalue weighted by Crippen LogP contribution is 1.92. The van der Waals surface area contributed by atoms with Crippen molar-refractivity contribution in [1.82, 2.24) is 4.90 Å². The maximum atomic E-state index is 10.9. The molecular formula is C7H13NO2. The number of nitrogens with zero attached hydrogens (tertiary/aromatic N) is 1. The van der Waals surface area contributed by atoms with Crippen molar-refractivity contribution in [2.75, 3.05) is 21.2 Å². The summed E-state index contributed by atoms with van der Waals surface area (Å²) in [5, 5.41) is 0. The molecule has 0 spiro atoms. The van der Waals surface area contributed by atoms with Crippen molar-refractivity contribution < 1.29 is 9.53 Å². The van der Waals surface area contributed by atoms with Gasteiger partial charge >= 0.3 is 0 Å². The second-order valence-corrected chi connectivity index (χ2v) is 2.19. The molecule has 0 fully saturated rings. The van der Waals surface area contributed by atoms with Gasteiger partial charge in [-0.3, -0.25) is 4.79 Å². The zero-order valence-corrected chi connectivity index (χ0v) is 6.84. The molecule has 0 heterocycles. The minimum atomic E-state index is -0.0562. The number of ether oxygens (including phenoxy) is 1. The molecule has 1 amide bonds. The van der Waals surface area contributed by atoms with E-state index >= 15 is 0 Å². The Morgan fingerprint density at radius 2 is 2.00 bits per heavy atom. The summed E-state index contributed by atoms with van der Waals surface area (Å²) in [6, 6.07) is 0. The molecule has 0 aliphatic rings. The number of carbonyl (C=O) groups is 1. The lowest BCUT2D eigenvalue weighted by Crippen LogP contribution is -2.19. The van der Waals surface area contributed by atoms with E-state index < -0.39 is 0 Å². The fourth-order valence-corrected chi connectivity index (χ4v) is 0.362. The van der Waals surface area contributed by atoms with E-state index in [1.165, 1.54) is 18.1 Å². The van der Waals surface area contributed by atoms with Crippen LogP contribution in [0.5, 0.6) is 0 Å². The average molecular weight is 143 g/mol. The molecule has 0 aromatic heterocycles. The first kappa shape index (κ1) is 9.01. The van der Waals surface area contributed by atoms with Crippen LogP contribution in [-0.4, -0.2) is 32.0 Å². The lowest BCUT2D eigenvalue weighted by molar-refractivity contribution is -0.123. The number of hydrogen-bond acceptors (Lipinski definition) is 2. The third-order valence-electron chi connectivity index (χ3n) is 1.09. The van der Waals surface area contributed by atoms with Crippen LogP contribution >= 0.6 is 0 Å². The highest BCUT2D eigenvalue weighted by molar-refractivity contribution is 5.87. The van der Waals surface area contributed by atoms with Crippen LogP contribution in [0.1, 0.15) is 6.92 Å². The summed E-state index contributed by atoms with van der Waals surface area (Å²) < 4.78 is 4.78. The van der Waals surface area contributed by atoms with Gasteiger partial charge in [-0.05, 0) is 6.92 Å². The zero-order valence-electron chi connectivity index (χ0n) is 6.84. The minimum absolute atomic E-state index is 0.0562. The quantitative estimate of drug-likeness (QED) is 0.419. The number of likely N-dealkylation sites (N-methyl/N-ethyl adjacent to an activating group) is 1. The Balaban J connectivity index is 4.00. The summed E-state index contributed by atoms with van der Waals surface area (Å²) in [7, 11) is 4.93. The molecule has 0 N–H and O–H groups in total. The van der Waals surface area contributed by atoms with Crippen LogP contribution in [0.4, 0.5) is 0 Å². The van der Waals surface area contributed by atoms with Crippen molar-refractivity contribution >= 4 is 5.91 Å². The molecule has 58 valence electrons. The van der Waals surface area contributed by atoms with Gasteiger partial charge in [0, 0.05) is 20.2 Å². The normalized spacial score (nSPS) is 11.0. The van der Waals surface area contributed by atoms with Crippen LogP contribution < -0.4 is 0 Å². The van der Waals surface area contributed by atoms with Crippen molar-refractivity contribution in [3.05, 3.63) is 11.8 Å². The topological polar surface area (TPSA) is 29.5 Å². The Labute approximate surface area is 61.3 Å². The highest BCUT2D eigenvalue weighted by atomic mass is 16.5. The Bertz CT molecular complexity index is 150. The van der Waals surface area contributed by atoms with Gasteiger partial charge in [-0.1, -0.05) is 0 Å². The molecule has 0 unspecified atom stereocenters. The van der Waals surface area contributed by atoms with Gasteiger partial charge < -0.3 is 9.64 Å². The second-order valence-electron chi connectivity index (χ2n) is 2.19. The van der Waals surface area contributed by atoms with E-state index in [1.54, 1.807) is 21.0 Å². The fraction of sp³-hybridized carbons (Fsp3) is 0.571. The number of methoxy groups -OCH3 is 1. The molecule has 3 heteroatoms. The van der Waals surface area contributed by atoms with E-state index in [0.29, 0.717) is 5.76 Å². The monoisotopic (exact) mass is 143 g/mol. The third-order valence-corrected chi connectivity index (χ3v) is 1.09. The highest BCUT2D eigenvalue weighted by Gasteiger charge is 1.98. The summed E-state index contributed by atoms with van der Waals surface area (Å²) in [6.45, 7) is 1.74. The molecule has 3 nitrogen and oxygen atoms in total. The van der Waals surface area contributed by atoms with E-state index in [-0.39, 0.29) is 5.91 Å². The van der Waals surface area contributed by atoms with Gasteiger partial charge in [0.15, 0.2) is 0 Å². The molecule has 0 aliphatic carbocycles. The van der Waals surface area contributed by atoms with Crippen LogP contribution in [0.2, 0.25) is 0 Å². The van der Waals surface area contributed by atoms with Crippen LogP contribution in [0, 0.1) is 0 Å². The summed E-state index contributed by atoms with van der Waals surface area (Å²) in [5.74, 6) is 0.568. The van der Waals surface area contributed by atoms with E-state index in [0.717, 1.165) is 0 Å². The SMILES string of the molecule is CO/C(C)=C\C(=O)N(C)C. The number of allylic oxidation sites excluding steroid dienone is 1. The molecule has 0 rings (SSSR count). The molecule has 0 saturated carbocycles. The Morgan fingerprint density at radius 3 is 2.30 bits per heavy atom. The van der Waals surface area contributed by atoms with E-state index in [9.17, 15) is 4.79 Å². The van der Waals surface area contributed by atoms with Crippen molar-refractivity contribution in [2.24, 2.45) is 0 Å². The van der Waals surface area contributed by atoms with Gasteiger partial charge in [0.25, 0.3) is 0 Å². The number of amides is 1. The number of carbonyl (C=O) groups excluding carboxylic acids is 1. The van der Waals surface area contributed by atoms with Gasteiger partial charge in [0.1, 0.15) is 0 Å². The van der Waals surface area contributed by atoms with E-state index in [2.05, 4.69) is 0 Å². The maximum Gasteiger partial charge on any atom is 0.249 e. The molecule has 0 aromatic rings. The van der Waals surface area contributed by atoms with E-state index in [4.69, 9.17) is 4.74 Å². The standard InChI is InChI=1S/C7H13NO2/c1-6(10-4)5-7(9)8(2)3/h5H,1-4H3/b6-5-. The first-order valence-corrected chi connectivity index (χ1v) is 3.01. The minimum Gasteiger partial charge on any atom is -0.501 e. The Hall–Kier alpha value is -0.990. The smallest absolute Gasteiger partial charge is 0.249 e. The average Bonchev–Trinajstić information content (AvgIpc) is 1.87. The van der Waals surface area contributed by atoms with Gasteiger partial charge in [-0.2, -0.15) is 0 Å². The Kier molecular flexibility index (Phi) is 3.54. The molecule has 0 radical (unpaired) electrons. The molecule has 0 bridgehead atoms. The fourth-order valence-electron chi connectivity index (χ4n) is 0.362.